The molecule has 3 heterocycles. The number of anilines is 1. The molecule has 0 bridgehead atoms. The Morgan fingerprint density at radius 2 is 2.06 bits per heavy atom. The number of nitrogens with one attached hydrogen (secondary N) is 1. The van der Waals surface area contributed by atoms with Crippen molar-refractivity contribution in [1.29, 1.82) is 0 Å². The molecule has 1 amide bonds. The summed E-state index contributed by atoms with van der Waals surface area (Å²) in [5.74, 6) is 0.333. The van der Waals surface area contributed by atoms with Gasteiger partial charge in [0.1, 0.15) is 23.1 Å². The summed E-state index contributed by atoms with van der Waals surface area (Å²) < 4.78 is 21.7. The standard InChI is InChI=1S/C20H30ClFN6O3/c1-11(20(5,6)30)16-25-15(21)14-9-23-17(26-28(14)16)24-13-7-8-27(10-12(13)22)18(29)31-19(2,3)4/h9,11-13,30H,7-8,10H2,1-6H3,(H,24,26)/t11?,12-,13+/m1/s1. The van der Waals surface area contributed by atoms with Crippen molar-refractivity contribution in [2.75, 3.05) is 18.4 Å². The summed E-state index contributed by atoms with van der Waals surface area (Å²) in [6, 6.07) is -0.565. The number of aromatic nitrogens is 4. The molecule has 1 aliphatic rings. The van der Waals surface area contributed by atoms with E-state index in [1.165, 1.54) is 15.6 Å². The predicted molar refractivity (Wildman–Crippen MR) is 115 cm³/mol. The quantitative estimate of drug-likeness (QED) is 0.726. The Labute approximate surface area is 185 Å². The fraction of sp³-hybridized carbons (Fsp3) is 0.700. The van der Waals surface area contributed by atoms with Crippen LogP contribution in [0, 0.1) is 0 Å². The number of amides is 1. The Bertz CT molecular complexity index is 955. The van der Waals surface area contributed by atoms with Crippen molar-refractivity contribution >= 4 is 29.2 Å². The van der Waals surface area contributed by atoms with Crippen LogP contribution in [0.1, 0.15) is 59.7 Å². The van der Waals surface area contributed by atoms with Gasteiger partial charge in [0, 0.05) is 12.5 Å². The highest BCUT2D eigenvalue weighted by Crippen LogP contribution is 2.30. The zero-order valence-electron chi connectivity index (χ0n) is 18.7. The molecule has 2 aromatic heterocycles. The number of rotatable bonds is 4. The number of halogens is 2. The van der Waals surface area contributed by atoms with E-state index < -0.39 is 29.5 Å². The summed E-state index contributed by atoms with van der Waals surface area (Å²) in [5, 5.41) is 18.0. The second-order valence-electron chi connectivity index (χ2n) is 9.50. The number of carbonyl (C=O) groups is 1. The van der Waals surface area contributed by atoms with Crippen LogP contribution in [0.5, 0.6) is 0 Å². The smallest absolute Gasteiger partial charge is 0.410 e. The third kappa shape index (κ3) is 5.35. The van der Waals surface area contributed by atoms with Gasteiger partial charge >= 0.3 is 6.09 Å². The summed E-state index contributed by atoms with van der Waals surface area (Å²) in [4.78, 5) is 22.1. The molecule has 31 heavy (non-hydrogen) atoms. The third-order valence-electron chi connectivity index (χ3n) is 5.33. The van der Waals surface area contributed by atoms with E-state index in [2.05, 4.69) is 20.4 Å². The van der Waals surface area contributed by atoms with E-state index >= 15 is 0 Å². The molecule has 1 fully saturated rings. The molecule has 2 N–H and O–H groups in total. The highest BCUT2D eigenvalue weighted by molar-refractivity contribution is 6.32. The molecule has 0 saturated carbocycles. The van der Waals surface area contributed by atoms with Gasteiger partial charge in [-0.15, -0.1) is 5.10 Å². The minimum Gasteiger partial charge on any atom is -0.444 e. The van der Waals surface area contributed by atoms with Crippen LogP contribution in [0.25, 0.3) is 5.52 Å². The second kappa shape index (κ2) is 8.38. The van der Waals surface area contributed by atoms with Crippen molar-refractivity contribution in [2.45, 2.75) is 77.3 Å². The largest absolute Gasteiger partial charge is 0.444 e. The Hall–Kier alpha value is -2.20. The van der Waals surface area contributed by atoms with Crippen molar-refractivity contribution in [3.05, 3.63) is 17.2 Å². The second-order valence-corrected chi connectivity index (χ2v) is 9.85. The summed E-state index contributed by atoms with van der Waals surface area (Å²) in [6.07, 6.45) is 0.0413. The van der Waals surface area contributed by atoms with E-state index in [1.807, 2.05) is 6.92 Å². The summed E-state index contributed by atoms with van der Waals surface area (Å²) in [6.45, 7) is 10.8. The van der Waals surface area contributed by atoms with Gasteiger partial charge in [0.25, 0.3) is 0 Å². The van der Waals surface area contributed by atoms with Crippen LogP contribution in [-0.4, -0.2) is 72.2 Å². The number of imidazole rings is 1. The molecule has 1 saturated heterocycles. The van der Waals surface area contributed by atoms with Crippen molar-refractivity contribution in [3.8, 4) is 0 Å². The molecule has 3 atom stereocenters. The minimum absolute atomic E-state index is 0.0767. The Balaban J connectivity index is 1.75. The van der Waals surface area contributed by atoms with E-state index in [9.17, 15) is 14.3 Å². The lowest BCUT2D eigenvalue weighted by Crippen LogP contribution is -2.51. The molecule has 0 aromatic carbocycles. The molecular weight excluding hydrogens is 427 g/mol. The number of aliphatic hydroxyl groups is 1. The SMILES string of the molecule is CC(c1nc(Cl)c2cnc(N[C@H]3CCN(C(=O)OC(C)(C)C)C[C@H]3F)nn12)C(C)(C)O. The first-order chi connectivity index (χ1) is 14.3. The molecular formula is C20H30ClFN6O3. The van der Waals surface area contributed by atoms with Crippen molar-refractivity contribution in [3.63, 3.8) is 0 Å². The zero-order valence-corrected chi connectivity index (χ0v) is 19.4. The Morgan fingerprint density at radius 3 is 2.65 bits per heavy atom. The average Bonchev–Trinajstić information content (AvgIpc) is 2.96. The summed E-state index contributed by atoms with van der Waals surface area (Å²) in [7, 11) is 0. The van der Waals surface area contributed by atoms with Crippen LogP contribution in [0.3, 0.4) is 0 Å². The van der Waals surface area contributed by atoms with Crippen molar-refractivity contribution in [1.82, 2.24) is 24.5 Å². The van der Waals surface area contributed by atoms with Gasteiger partial charge in [-0.3, -0.25) is 0 Å². The normalized spacial score (nSPS) is 21.3. The fourth-order valence-electron chi connectivity index (χ4n) is 3.26. The zero-order chi connectivity index (χ0) is 23.1. The predicted octanol–water partition coefficient (Wildman–Crippen LogP) is 3.41. The van der Waals surface area contributed by atoms with Gasteiger partial charge in [-0.1, -0.05) is 18.5 Å². The molecule has 3 rings (SSSR count). The first-order valence-electron chi connectivity index (χ1n) is 10.3. The number of nitrogens with zero attached hydrogens (tertiary/aromatic N) is 5. The molecule has 172 valence electrons. The van der Waals surface area contributed by atoms with Gasteiger partial charge in [-0.2, -0.15) is 0 Å². The maximum atomic E-state index is 14.8. The lowest BCUT2D eigenvalue weighted by Gasteiger charge is -2.35. The van der Waals surface area contributed by atoms with E-state index in [0.717, 1.165) is 0 Å². The maximum absolute atomic E-state index is 14.8. The molecule has 0 spiro atoms. The monoisotopic (exact) mass is 456 g/mol. The van der Waals surface area contributed by atoms with E-state index in [0.29, 0.717) is 24.3 Å². The lowest BCUT2D eigenvalue weighted by molar-refractivity contribution is 0.0124. The van der Waals surface area contributed by atoms with Gasteiger partial charge in [0.2, 0.25) is 5.95 Å². The molecule has 9 nitrogen and oxygen atoms in total. The number of alkyl halides is 1. The van der Waals surface area contributed by atoms with Gasteiger partial charge < -0.3 is 20.1 Å². The van der Waals surface area contributed by atoms with Gasteiger partial charge in [-0.25, -0.2) is 23.7 Å². The van der Waals surface area contributed by atoms with E-state index in [-0.39, 0.29) is 23.6 Å². The molecule has 0 aliphatic carbocycles. The Morgan fingerprint density at radius 1 is 1.39 bits per heavy atom. The van der Waals surface area contributed by atoms with Gasteiger partial charge in [-0.05, 0) is 41.0 Å². The topological polar surface area (TPSA) is 105 Å². The highest BCUT2D eigenvalue weighted by Gasteiger charge is 2.34. The Kier molecular flexibility index (Phi) is 6.35. The molecule has 2 aromatic rings. The number of piperidine rings is 1. The molecule has 1 aliphatic heterocycles. The van der Waals surface area contributed by atoms with Crippen molar-refractivity contribution < 1.29 is 19.0 Å². The lowest BCUT2D eigenvalue weighted by atomic mass is 9.92. The number of carbonyl (C=O) groups excluding carboxylic acids is 1. The van der Waals surface area contributed by atoms with Crippen LogP contribution in [0.15, 0.2) is 6.20 Å². The third-order valence-corrected chi connectivity index (χ3v) is 5.61. The van der Waals surface area contributed by atoms with E-state index in [1.54, 1.807) is 34.6 Å². The van der Waals surface area contributed by atoms with Crippen LogP contribution in [0.2, 0.25) is 5.15 Å². The van der Waals surface area contributed by atoms with Gasteiger partial charge in [0.05, 0.1) is 24.4 Å². The number of fused-ring (bicyclic) bond motifs is 1. The van der Waals surface area contributed by atoms with Crippen LogP contribution in [0.4, 0.5) is 15.1 Å². The van der Waals surface area contributed by atoms with E-state index in [4.69, 9.17) is 16.3 Å². The number of hydrogen-bond acceptors (Lipinski definition) is 7. The fourth-order valence-corrected chi connectivity index (χ4v) is 3.48. The van der Waals surface area contributed by atoms with Crippen LogP contribution in [-0.2, 0) is 4.74 Å². The summed E-state index contributed by atoms with van der Waals surface area (Å²) >= 11 is 6.21. The van der Waals surface area contributed by atoms with Crippen LogP contribution < -0.4 is 5.32 Å². The number of likely N-dealkylation sites (tertiary alicyclic amines) is 1. The van der Waals surface area contributed by atoms with Crippen LogP contribution >= 0.6 is 11.6 Å². The maximum Gasteiger partial charge on any atom is 0.410 e. The molecule has 11 heteroatoms. The minimum atomic E-state index is -1.32. The van der Waals surface area contributed by atoms with Crippen molar-refractivity contribution in [2.24, 2.45) is 0 Å². The average molecular weight is 457 g/mol. The number of hydrogen-bond donors (Lipinski definition) is 2. The first-order valence-corrected chi connectivity index (χ1v) is 10.7. The molecule has 1 unspecified atom stereocenters. The summed E-state index contributed by atoms with van der Waals surface area (Å²) in [5.41, 5.74) is -1.18. The van der Waals surface area contributed by atoms with Gasteiger partial charge in [0.15, 0.2) is 5.15 Å². The molecule has 0 radical (unpaired) electrons. The number of ether oxygens (including phenoxy) is 1. The first kappa shape index (κ1) is 23.5. The highest BCUT2D eigenvalue weighted by atomic mass is 35.5.